The molecule has 10 heteroatoms. The van der Waals surface area contributed by atoms with Crippen LogP contribution in [0.3, 0.4) is 0 Å². The summed E-state index contributed by atoms with van der Waals surface area (Å²) in [5, 5.41) is 0. The Bertz CT molecular complexity index is 1770. The number of hydrogen-bond acceptors (Lipinski definition) is 8. The van der Waals surface area contributed by atoms with Crippen LogP contribution in [0.25, 0.3) is 0 Å². The first-order chi connectivity index (χ1) is 44.8. The predicted molar refractivity (Wildman–Crippen MR) is 395 cm³/mol. The SMILES string of the molecule is CC/C=C\C/C=C\C/C=C\C/C=C\C/C=C\CCCCCCCCCCCCCCCCCCCCCCCCCC(=O)OC(COC(=O)CCCCCCCCCCCCCCCCCCCCC/C=C\C/C=C\CCCCCCC)COP(=O)(O)OCCN. The Kier molecular flexibility index (Phi) is 73.9. The topological polar surface area (TPSA) is 134 Å². The summed E-state index contributed by atoms with van der Waals surface area (Å²) in [4.78, 5) is 35.4. The van der Waals surface area contributed by atoms with E-state index in [1.165, 1.54) is 283 Å². The Labute approximate surface area is 564 Å². The lowest BCUT2D eigenvalue weighted by Gasteiger charge is -2.19. The lowest BCUT2D eigenvalue weighted by Crippen LogP contribution is -2.29. The third-order valence-electron chi connectivity index (χ3n) is 17.3. The Morgan fingerprint density at radius 2 is 0.604 bits per heavy atom. The molecule has 0 aromatic carbocycles. The third-order valence-corrected chi connectivity index (χ3v) is 18.2. The van der Waals surface area contributed by atoms with E-state index in [9.17, 15) is 19.0 Å². The largest absolute Gasteiger partial charge is 0.472 e. The number of phosphoric acid groups is 1. The fourth-order valence-electron chi connectivity index (χ4n) is 11.5. The van der Waals surface area contributed by atoms with Crippen LogP contribution >= 0.6 is 7.82 Å². The summed E-state index contributed by atoms with van der Waals surface area (Å²) in [7, 11) is -4.40. The second kappa shape index (κ2) is 76.2. The van der Waals surface area contributed by atoms with Crippen LogP contribution in [0.15, 0.2) is 85.1 Å². The number of phosphoric ester groups is 1. The number of allylic oxidation sites excluding steroid dienone is 14. The molecule has 0 aromatic heterocycles. The van der Waals surface area contributed by atoms with Gasteiger partial charge in [-0.15, -0.1) is 0 Å². The average Bonchev–Trinajstić information content (AvgIpc) is 3.71. The highest BCUT2D eigenvalue weighted by Crippen LogP contribution is 2.43. The van der Waals surface area contributed by atoms with E-state index in [0.29, 0.717) is 6.42 Å². The molecular weight excluding hydrogens is 1150 g/mol. The van der Waals surface area contributed by atoms with Gasteiger partial charge < -0.3 is 20.1 Å². The van der Waals surface area contributed by atoms with Crippen LogP contribution in [-0.2, 0) is 32.7 Å². The quantitative estimate of drug-likeness (QED) is 0.0264. The number of nitrogens with two attached hydrogens (primary N) is 1. The van der Waals surface area contributed by atoms with Crippen molar-refractivity contribution in [2.75, 3.05) is 26.4 Å². The fourth-order valence-corrected chi connectivity index (χ4v) is 12.3. The minimum atomic E-state index is -4.40. The smallest absolute Gasteiger partial charge is 0.462 e. The van der Waals surface area contributed by atoms with E-state index in [-0.39, 0.29) is 38.6 Å². The molecule has 0 bridgehead atoms. The van der Waals surface area contributed by atoms with E-state index >= 15 is 0 Å². The van der Waals surface area contributed by atoms with Crippen molar-refractivity contribution in [2.24, 2.45) is 5.73 Å². The highest BCUT2D eigenvalue weighted by molar-refractivity contribution is 7.47. The number of unbranched alkanes of at least 4 members (excludes halogenated alkanes) is 47. The summed E-state index contributed by atoms with van der Waals surface area (Å²) in [6.07, 6.45) is 103. The number of hydrogen-bond donors (Lipinski definition) is 2. The summed E-state index contributed by atoms with van der Waals surface area (Å²) in [6.45, 7) is 3.68. The molecule has 0 aliphatic rings. The fraction of sp³-hybridized carbons (Fsp3) is 0.802. The highest BCUT2D eigenvalue weighted by Gasteiger charge is 2.26. The zero-order chi connectivity index (χ0) is 65.8. The minimum absolute atomic E-state index is 0.0543. The van der Waals surface area contributed by atoms with Crippen molar-refractivity contribution >= 4 is 19.8 Å². The third kappa shape index (κ3) is 76.1. The van der Waals surface area contributed by atoms with Crippen molar-refractivity contribution in [3.8, 4) is 0 Å². The molecule has 9 nitrogen and oxygen atoms in total. The standard InChI is InChI=1S/C81H148NO8P/c1-3-5-7-9-11-13-15-17-19-21-23-25-27-29-31-33-35-36-37-38-39-40-41-42-44-46-48-50-52-54-56-58-60-62-64-66-68-70-72-74-81(84)90-79(78-89-91(85,86)88-76-75-82)77-87-80(83)73-71-69-67-65-63-61-59-57-55-53-51-49-47-45-43-34-32-30-28-26-24-22-20-18-16-14-12-10-8-6-4-2/h5,7,11,13,16-19,22-25,29,31,79H,3-4,6,8-10,12,14-15,20-21,26-28,30,32-78,82H2,1-2H3,(H,85,86)/b7-5-,13-11-,18-16-,19-17-,24-22-,25-23-,31-29-. The van der Waals surface area contributed by atoms with Gasteiger partial charge in [-0.25, -0.2) is 4.57 Å². The average molecular weight is 1300 g/mol. The second-order valence-electron chi connectivity index (χ2n) is 26.2. The lowest BCUT2D eigenvalue weighted by atomic mass is 10.0. The van der Waals surface area contributed by atoms with Gasteiger partial charge in [0.1, 0.15) is 6.61 Å². The Morgan fingerprint density at radius 3 is 0.901 bits per heavy atom. The van der Waals surface area contributed by atoms with E-state index in [4.69, 9.17) is 24.3 Å². The molecule has 0 aromatic rings. The van der Waals surface area contributed by atoms with Gasteiger partial charge in [0, 0.05) is 19.4 Å². The van der Waals surface area contributed by atoms with E-state index in [1.807, 2.05) is 0 Å². The number of carbonyl (C=O) groups excluding carboxylic acids is 2. The van der Waals surface area contributed by atoms with Gasteiger partial charge in [-0.1, -0.05) is 369 Å². The minimum Gasteiger partial charge on any atom is -0.462 e. The van der Waals surface area contributed by atoms with Crippen LogP contribution in [0.2, 0.25) is 0 Å². The van der Waals surface area contributed by atoms with Gasteiger partial charge in [-0.3, -0.25) is 18.6 Å². The molecule has 0 amide bonds. The molecule has 0 saturated heterocycles. The summed E-state index contributed by atoms with van der Waals surface area (Å²) in [6, 6.07) is 0. The van der Waals surface area contributed by atoms with Gasteiger partial charge in [-0.2, -0.15) is 0 Å². The molecular formula is C81H148NO8P. The first-order valence-electron chi connectivity index (χ1n) is 39.1. The monoisotopic (exact) mass is 1290 g/mol. The molecule has 0 fully saturated rings. The highest BCUT2D eigenvalue weighted by atomic mass is 31.2. The Balaban J connectivity index is 3.78. The van der Waals surface area contributed by atoms with Gasteiger partial charge >= 0.3 is 19.8 Å². The molecule has 530 valence electrons. The van der Waals surface area contributed by atoms with Crippen LogP contribution in [0.4, 0.5) is 0 Å². The van der Waals surface area contributed by atoms with E-state index < -0.39 is 26.5 Å². The first-order valence-corrected chi connectivity index (χ1v) is 40.6. The van der Waals surface area contributed by atoms with E-state index in [0.717, 1.165) is 70.6 Å². The van der Waals surface area contributed by atoms with Crippen LogP contribution in [0.1, 0.15) is 386 Å². The molecule has 0 heterocycles. The van der Waals surface area contributed by atoms with Crippen LogP contribution < -0.4 is 5.73 Å². The van der Waals surface area contributed by atoms with Crippen molar-refractivity contribution < 1.29 is 37.6 Å². The molecule has 3 N–H and O–H groups in total. The van der Waals surface area contributed by atoms with Gasteiger partial charge in [0.15, 0.2) is 6.10 Å². The molecule has 0 aliphatic heterocycles. The van der Waals surface area contributed by atoms with Crippen LogP contribution in [0, 0.1) is 0 Å². The van der Waals surface area contributed by atoms with E-state index in [2.05, 4.69) is 98.9 Å². The van der Waals surface area contributed by atoms with Crippen molar-refractivity contribution in [3.63, 3.8) is 0 Å². The van der Waals surface area contributed by atoms with Gasteiger partial charge in [0.25, 0.3) is 0 Å². The molecule has 0 saturated carbocycles. The molecule has 0 spiro atoms. The summed E-state index contributed by atoms with van der Waals surface area (Å²) >= 11 is 0. The number of ether oxygens (including phenoxy) is 2. The van der Waals surface area contributed by atoms with Crippen molar-refractivity contribution in [1.29, 1.82) is 0 Å². The van der Waals surface area contributed by atoms with Crippen molar-refractivity contribution in [3.05, 3.63) is 85.1 Å². The molecule has 0 rings (SSSR count). The number of esters is 2. The molecule has 2 unspecified atom stereocenters. The molecule has 2 atom stereocenters. The zero-order valence-electron chi connectivity index (χ0n) is 59.8. The molecule has 0 radical (unpaired) electrons. The summed E-state index contributed by atoms with van der Waals surface area (Å²) in [5.74, 6) is -0.807. The predicted octanol–water partition coefficient (Wildman–Crippen LogP) is 26.1. The van der Waals surface area contributed by atoms with Gasteiger partial charge in [-0.05, 0) is 89.9 Å². The maximum Gasteiger partial charge on any atom is 0.472 e. The Morgan fingerprint density at radius 1 is 0.341 bits per heavy atom. The lowest BCUT2D eigenvalue weighted by molar-refractivity contribution is -0.161. The van der Waals surface area contributed by atoms with Crippen LogP contribution in [-0.4, -0.2) is 49.3 Å². The maximum absolute atomic E-state index is 12.8. The van der Waals surface area contributed by atoms with Gasteiger partial charge in [0.05, 0.1) is 13.2 Å². The van der Waals surface area contributed by atoms with Crippen LogP contribution in [0.5, 0.6) is 0 Å². The molecule has 0 aliphatic carbocycles. The second-order valence-corrected chi connectivity index (χ2v) is 27.7. The summed E-state index contributed by atoms with van der Waals surface area (Å²) < 4.78 is 33.3. The summed E-state index contributed by atoms with van der Waals surface area (Å²) in [5.41, 5.74) is 5.41. The molecule has 91 heavy (non-hydrogen) atoms. The van der Waals surface area contributed by atoms with Gasteiger partial charge in [0.2, 0.25) is 0 Å². The number of rotatable bonds is 74. The maximum atomic E-state index is 12.8. The normalized spacial score (nSPS) is 13.3. The Hall–Kier alpha value is -2.81. The number of carbonyl (C=O) groups is 2. The van der Waals surface area contributed by atoms with Crippen molar-refractivity contribution in [1.82, 2.24) is 0 Å². The first kappa shape index (κ1) is 88.2. The van der Waals surface area contributed by atoms with E-state index in [1.54, 1.807) is 0 Å². The zero-order valence-corrected chi connectivity index (χ0v) is 60.7. The van der Waals surface area contributed by atoms with Crippen molar-refractivity contribution in [2.45, 2.75) is 392 Å².